The van der Waals surface area contributed by atoms with Crippen LogP contribution in [-0.4, -0.2) is 22.1 Å². The second-order valence-electron chi connectivity index (χ2n) is 6.68. The molecule has 0 radical (unpaired) electrons. The second kappa shape index (κ2) is 3.81. The van der Waals surface area contributed by atoms with Crippen LogP contribution >= 0.6 is 0 Å². The number of rotatable bonds is 4. The largest absolute Gasteiger partial charge is 0.369 e. The van der Waals surface area contributed by atoms with Gasteiger partial charge in [0.05, 0.1) is 8.07 Å². The van der Waals surface area contributed by atoms with Crippen molar-refractivity contribution in [2.75, 3.05) is 0 Å². The van der Waals surface area contributed by atoms with E-state index in [9.17, 15) is 4.79 Å². The number of amides is 1. The molecular formula is C10H25NOSi2. The lowest BCUT2D eigenvalue weighted by molar-refractivity contribution is -0.120. The standard InChI is InChI=1S/C10H25NOSi2/c1-10(9(11)12,14(5,6)7)8-13(2,3)4/h8H2,1-7H3,(H2,11,12). The van der Waals surface area contributed by atoms with Gasteiger partial charge in [-0.2, -0.15) is 0 Å². The lowest BCUT2D eigenvalue weighted by atomic mass is 10.2. The van der Waals surface area contributed by atoms with Crippen molar-refractivity contribution in [3.05, 3.63) is 0 Å². The fraction of sp³-hybridized carbons (Fsp3) is 0.900. The fourth-order valence-electron chi connectivity index (χ4n) is 1.78. The van der Waals surface area contributed by atoms with E-state index in [-0.39, 0.29) is 10.9 Å². The molecule has 0 aromatic heterocycles. The van der Waals surface area contributed by atoms with Gasteiger partial charge in [0, 0.05) is 13.1 Å². The van der Waals surface area contributed by atoms with Crippen molar-refractivity contribution in [3.63, 3.8) is 0 Å². The van der Waals surface area contributed by atoms with Crippen LogP contribution in [0, 0.1) is 0 Å². The molecule has 0 aliphatic carbocycles. The summed E-state index contributed by atoms with van der Waals surface area (Å²) >= 11 is 0. The molecule has 14 heavy (non-hydrogen) atoms. The van der Waals surface area contributed by atoms with Gasteiger partial charge in [0.1, 0.15) is 0 Å². The molecule has 4 heteroatoms. The molecule has 0 aliphatic heterocycles. The van der Waals surface area contributed by atoms with Crippen LogP contribution in [0.2, 0.25) is 50.4 Å². The minimum absolute atomic E-state index is 0.0981. The van der Waals surface area contributed by atoms with Gasteiger partial charge in [-0.3, -0.25) is 4.79 Å². The second-order valence-corrected chi connectivity index (χ2v) is 17.8. The number of hydrogen-bond donors (Lipinski definition) is 1. The van der Waals surface area contributed by atoms with Crippen molar-refractivity contribution in [2.45, 2.75) is 57.3 Å². The molecule has 0 aromatic rings. The summed E-state index contributed by atoms with van der Waals surface area (Å²) in [5.41, 5.74) is 5.58. The molecule has 0 saturated heterocycles. The smallest absolute Gasteiger partial charge is 0.220 e. The molecule has 2 N–H and O–H groups in total. The number of nitrogens with two attached hydrogens (primary N) is 1. The van der Waals surface area contributed by atoms with Gasteiger partial charge in [-0.15, -0.1) is 0 Å². The van der Waals surface area contributed by atoms with E-state index in [4.69, 9.17) is 5.73 Å². The van der Waals surface area contributed by atoms with Gasteiger partial charge in [-0.25, -0.2) is 0 Å². The number of primary amides is 1. The Balaban J connectivity index is 5.04. The third-order valence-electron chi connectivity index (χ3n) is 3.08. The predicted molar refractivity (Wildman–Crippen MR) is 69.1 cm³/mol. The normalized spacial score (nSPS) is 17.6. The first-order valence-electron chi connectivity index (χ1n) is 5.20. The third kappa shape index (κ3) is 3.24. The highest BCUT2D eigenvalue weighted by atomic mass is 28.3. The molecule has 0 saturated carbocycles. The molecule has 1 amide bonds. The van der Waals surface area contributed by atoms with Crippen molar-refractivity contribution in [3.8, 4) is 0 Å². The molecule has 0 bridgehead atoms. The van der Waals surface area contributed by atoms with E-state index < -0.39 is 16.1 Å². The molecule has 0 spiro atoms. The quantitative estimate of drug-likeness (QED) is 0.743. The van der Waals surface area contributed by atoms with E-state index in [1.807, 2.05) is 0 Å². The summed E-state index contributed by atoms with van der Waals surface area (Å²) in [6, 6.07) is 1.02. The maximum Gasteiger partial charge on any atom is 0.220 e. The van der Waals surface area contributed by atoms with Gasteiger partial charge in [-0.05, 0) is 6.04 Å². The lowest BCUT2D eigenvalue weighted by Gasteiger charge is -2.41. The summed E-state index contributed by atoms with van der Waals surface area (Å²) < 4.78 is 0. The van der Waals surface area contributed by atoms with Crippen molar-refractivity contribution in [1.29, 1.82) is 0 Å². The summed E-state index contributed by atoms with van der Waals surface area (Å²) in [4.78, 5) is 11.6. The predicted octanol–water partition coefficient (Wildman–Crippen LogP) is 2.91. The minimum Gasteiger partial charge on any atom is -0.369 e. The highest BCUT2D eigenvalue weighted by Crippen LogP contribution is 2.44. The molecule has 1 atom stereocenters. The molecule has 0 aliphatic rings. The zero-order valence-corrected chi connectivity index (χ0v) is 12.7. The van der Waals surface area contributed by atoms with Gasteiger partial charge >= 0.3 is 0 Å². The molecule has 0 aromatic carbocycles. The SMILES string of the molecule is CC(C[Si](C)(C)C)(C(N)=O)[Si](C)(C)C. The van der Waals surface area contributed by atoms with E-state index >= 15 is 0 Å². The molecular weight excluding hydrogens is 206 g/mol. The van der Waals surface area contributed by atoms with E-state index in [1.165, 1.54) is 0 Å². The van der Waals surface area contributed by atoms with Crippen molar-refractivity contribution < 1.29 is 4.79 Å². The van der Waals surface area contributed by atoms with Crippen LogP contribution in [0.4, 0.5) is 0 Å². The Hall–Kier alpha value is -0.0962. The highest BCUT2D eigenvalue weighted by Gasteiger charge is 2.46. The first kappa shape index (κ1) is 13.9. The first-order valence-corrected chi connectivity index (χ1v) is 12.4. The maximum atomic E-state index is 11.6. The van der Waals surface area contributed by atoms with Crippen LogP contribution in [0.15, 0.2) is 0 Å². The Morgan fingerprint density at radius 2 is 1.50 bits per heavy atom. The van der Waals surface area contributed by atoms with E-state index in [0.29, 0.717) is 0 Å². The number of hydrogen-bond acceptors (Lipinski definition) is 1. The van der Waals surface area contributed by atoms with Crippen LogP contribution in [0.5, 0.6) is 0 Å². The van der Waals surface area contributed by atoms with Crippen LogP contribution in [0.1, 0.15) is 6.92 Å². The van der Waals surface area contributed by atoms with Crippen LogP contribution in [0.25, 0.3) is 0 Å². The molecule has 0 rings (SSSR count). The number of carbonyl (C=O) groups is 1. The highest BCUT2D eigenvalue weighted by molar-refractivity contribution is 6.86. The van der Waals surface area contributed by atoms with E-state index in [0.717, 1.165) is 6.04 Å². The molecule has 84 valence electrons. The van der Waals surface area contributed by atoms with Gasteiger partial charge < -0.3 is 5.73 Å². The average molecular weight is 231 g/mol. The molecule has 0 fully saturated rings. The van der Waals surface area contributed by atoms with Gasteiger partial charge in [-0.1, -0.05) is 46.2 Å². The fourth-order valence-corrected chi connectivity index (χ4v) is 8.53. The van der Waals surface area contributed by atoms with Gasteiger partial charge in [0.2, 0.25) is 5.91 Å². The Bertz CT molecular complexity index is 227. The Kier molecular flexibility index (Phi) is 3.78. The lowest BCUT2D eigenvalue weighted by Crippen LogP contribution is -2.49. The Morgan fingerprint density at radius 3 is 1.57 bits per heavy atom. The third-order valence-corrected chi connectivity index (χ3v) is 8.94. The van der Waals surface area contributed by atoms with Crippen molar-refractivity contribution in [2.24, 2.45) is 5.73 Å². The van der Waals surface area contributed by atoms with Crippen molar-refractivity contribution in [1.82, 2.24) is 0 Å². The van der Waals surface area contributed by atoms with Crippen molar-refractivity contribution >= 4 is 22.1 Å². The average Bonchev–Trinajstić information content (AvgIpc) is 1.79. The van der Waals surface area contributed by atoms with E-state index in [2.05, 4.69) is 46.2 Å². The molecule has 1 unspecified atom stereocenters. The summed E-state index contributed by atoms with van der Waals surface area (Å²) in [6.45, 7) is 15.7. The Labute approximate surface area is 90.3 Å². The molecule has 2 nitrogen and oxygen atoms in total. The Morgan fingerprint density at radius 1 is 1.14 bits per heavy atom. The summed E-state index contributed by atoms with van der Waals surface area (Å²) in [6.07, 6.45) is 0. The minimum atomic E-state index is -1.52. The van der Waals surface area contributed by atoms with Gasteiger partial charge in [0.15, 0.2) is 0 Å². The van der Waals surface area contributed by atoms with Crippen LogP contribution in [-0.2, 0) is 4.79 Å². The summed E-state index contributed by atoms with van der Waals surface area (Å²) in [7, 11) is -2.75. The van der Waals surface area contributed by atoms with Crippen LogP contribution in [0.3, 0.4) is 0 Å². The van der Waals surface area contributed by atoms with Gasteiger partial charge in [0.25, 0.3) is 0 Å². The van der Waals surface area contributed by atoms with E-state index in [1.54, 1.807) is 0 Å². The molecule has 0 heterocycles. The first-order chi connectivity index (χ1) is 5.90. The maximum absolute atomic E-state index is 11.6. The summed E-state index contributed by atoms with van der Waals surface area (Å²) in [5, 5.41) is -0.239. The summed E-state index contributed by atoms with van der Waals surface area (Å²) in [5.74, 6) is -0.0981. The zero-order valence-electron chi connectivity index (χ0n) is 10.7. The monoisotopic (exact) mass is 231 g/mol. The number of carbonyl (C=O) groups excluding carboxylic acids is 1. The van der Waals surface area contributed by atoms with Crippen LogP contribution < -0.4 is 5.73 Å². The topological polar surface area (TPSA) is 43.1 Å². The zero-order chi connectivity index (χ0) is 11.8.